The van der Waals surface area contributed by atoms with Crippen LogP contribution in [-0.4, -0.2) is 28.0 Å². The summed E-state index contributed by atoms with van der Waals surface area (Å²) >= 11 is 0. The first-order valence-corrected chi connectivity index (χ1v) is 10.7. The number of hydrogen-bond donors (Lipinski definition) is 4. The van der Waals surface area contributed by atoms with Crippen LogP contribution in [-0.2, 0) is 0 Å². The predicted octanol–water partition coefficient (Wildman–Crippen LogP) is 6.05. The maximum atomic E-state index is 12.9. The average Bonchev–Trinajstić information content (AvgIpc) is 2.73. The largest absolute Gasteiger partial charge is 0.507 e. The van der Waals surface area contributed by atoms with Gasteiger partial charge in [-0.05, 0) is 77.4 Å². The van der Waals surface area contributed by atoms with Crippen LogP contribution < -0.4 is 10.6 Å². The summed E-state index contributed by atoms with van der Waals surface area (Å²) in [6.07, 6.45) is 4.98. The van der Waals surface area contributed by atoms with Crippen molar-refractivity contribution in [2.75, 3.05) is 10.6 Å². The van der Waals surface area contributed by atoms with Gasteiger partial charge in [0.2, 0.25) is 0 Å². The molecule has 0 bridgehead atoms. The van der Waals surface area contributed by atoms with Gasteiger partial charge in [0.15, 0.2) is 5.78 Å². The number of anilines is 2. The lowest BCUT2D eigenvalue weighted by molar-refractivity contribution is 0.0900. The zero-order valence-corrected chi connectivity index (χ0v) is 19.7. The molecule has 170 valence electrons. The van der Waals surface area contributed by atoms with Gasteiger partial charge in [-0.1, -0.05) is 25.1 Å². The maximum absolute atomic E-state index is 12.9. The van der Waals surface area contributed by atoms with Crippen LogP contribution >= 0.6 is 0 Å². The Morgan fingerprint density at radius 3 is 2.34 bits per heavy atom. The van der Waals surface area contributed by atoms with Crippen molar-refractivity contribution < 1.29 is 14.7 Å². The summed E-state index contributed by atoms with van der Waals surface area (Å²) in [7, 11) is 0. The Kier molecular flexibility index (Phi) is 7.62. The molecule has 0 saturated heterocycles. The minimum atomic E-state index is -0.996. The van der Waals surface area contributed by atoms with E-state index in [4.69, 9.17) is 5.41 Å². The molecule has 0 aliphatic carbocycles. The Labute approximate surface area is 190 Å². The smallest absolute Gasteiger partial charge is 0.259 e. The minimum Gasteiger partial charge on any atom is -0.507 e. The lowest BCUT2D eigenvalue weighted by atomic mass is 9.80. The zero-order chi connectivity index (χ0) is 24.1. The molecule has 0 spiro atoms. The summed E-state index contributed by atoms with van der Waals surface area (Å²) < 4.78 is 0. The number of ketones is 1. The zero-order valence-electron chi connectivity index (χ0n) is 19.7. The summed E-state index contributed by atoms with van der Waals surface area (Å²) in [4.78, 5) is 25.7. The molecule has 2 aromatic carbocycles. The highest BCUT2D eigenvalue weighted by Gasteiger charge is 2.31. The predicted molar refractivity (Wildman–Crippen MR) is 131 cm³/mol. The van der Waals surface area contributed by atoms with Crippen molar-refractivity contribution in [3.8, 4) is 5.75 Å². The summed E-state index contributed by atoms with van der Waals surface area (Å²) in [6.45, 7) is 11.1. The van der Waals surface area contributed by atoms with E-state index in [0.29, 0.717) is 5.69 Å². The molecule has 2 rings (SSSR count). The first-order valence-electron chi connectivity index (χ1n) is 10.7. The molecule has 1 atom stereocenters. The fourth-order valence-corrected chi connectivity index (χ4v) is 3.21. The van der Waals surface area contributed by atoms with E-state index in [1.807, 2.05) is 31.2 Å². The summed E-state index contributed by atoms with van der Waals surface area (Å²) in [6, 6.07) is 11.5. The number of aromatic hydroxyl groups is 1. The van der Waals surface area contributed by atoms with E-state index >= 15 is 0 Å². The number of phenolic OH excluding ortho intramolecular Hbond substituents is 1. The second-order valence-electron chi connectivity index (χ2n) is 8.74. The van der Waals surface area contributed by atoms with Gasteiger partial charge in [-0.2, -0.15) is 0 Å². The van der Waals surface area contributed by atoms with Crippen molar-refractivity contribution in [3.05, 3.63) is 65.7 Å². The Morgan fingerprint density at radius 2 is 1.75 bits per heavy atom. The summed E-state index contributed by atoms with van der Waals surface area (Å²) in [5.74, 6) is -1.03. The third kappa shape index (κ3) is 5.63. The minimum absolute atomic E-state index is 0.0000382. The number of carbonyl (C=O) groups excluding carboxylic acids is 2. The molecule has 6 heteroatoms. The number of hydrogen-bond acceptors (Lipinski definition) is 5. The highest BCUT2D eigenvalue weighted by molar-refractivity contribution is 6.15. The van der Waals surface area contributed by atoms with Crippen LogP contribution in [0, 0.1) is 10.8 Å². The topological polar surface area (TPSA) is 102 Å². The Balaban J connectivity index is 2.28. The second kappa shape index (κ2) is 9.81. The number of carbonyl (C=O) groups is 2. The lowest BCUT2D eigenvalue weighted by Gasteiger charge is -2.27. The molecule has 2 aromatic rings. The van der Waals surface area contributed by atoms with E-state index in [-0.39, 0.29) is 33.9 Å². The van der Waals surface area contributed by atoms with Gasteiger partial charge in [0.1, 0.15) is 5.75 Å². The fourth-order valence-electron chi connectivity index (χ4n) is 3.21. The first-order chi connectivity index (χ1) is 14.9. The lowest BCUT2D eigenvalue weighted by Crippen LogP contribution is -2.31. The van der Waals surface area contributed by atoms with Crippen molar-refractivity contribution in [2.24, 2.45) is 5.41 Å². The first kappa shape index (κ1) is 24.9. The highest BCUT2D eigenvalue weighted by atomic mass is 16.3. The van der Waals surface area contributed by atoms with Gasteiger partial charge in [-0.15, -0.1) is 0 Å². The van der Waals surface area contributed by atoms with E-state index in [1.165, 1.54) is 18.2 Å². The van der Waals surface area contributed by atoms with Crippen molar-refractivity contribution >= 4 is 28.8 Å². The molecule has 0 heterocycles. The molecule has 4 N–H and O–H groups in total. The normalized spacial score (nSPS) is 13.4. The molecule has 0 aliphatic rings. The van der Waals surface area contributed by atoms with Crippen molar-refractivity contribution in [2.45, 2.75) is 53.5 Å². The maximum Gasteiger partial charge on any atom is 0.259 e. The van der Waals surface area contributed by atoms with E-state index in [1.54, 1.807) is 26.8 Å². The Bertz CT molecular complexity index is 1060. The molecule has 6 nitrogen and oxygen atoms in total. The van der Waals surface area contributed by atoms with Gasteiger partial charge in [0.05, 0.1) is 16.5 Å². The van der Waals surface area contributed by atoms with Crippen LogP contribution in [0.4, 0.5) is 11.4 Å². The van der Waals surface area contributed by atoms with Crippen molar-refractivity contribution in [3.63, 3.8) is 0 Å². The molecule has 0 radical (unpaired) electrons. The van der Waals surface area contributed by atoms with E-state index in [2.05, 4.69) is 30.6 Å². The SMILES string of the molecule is C/C=C/C(C)(CC)Nc1cccc(NC(=O)c2cc(C(=O)C(C)(C)C(C)=N)ccc2O)c1. The Hall–Kier alpha value is -3.41. The van der Waals surface area contributed by atoms with Crippen LogP contribution in [0.3, 0.4) is 0 Å². The van der Waals surface area contributed by atoms with Crippen molar-refractivity contribution in [1.82, 2.24) is 0 Å². The van der Waals surface area contributed by atoms with Crippen LogP contribution in [0.2, 0.25) is 0 Å². The van der Waals surface area contributed by atoms with Crippen molar-refractivity contribution in [1.29, 1.82) is 5.41 Å². The molecule has 32 heavy (non-hydrogen) atoms. The number of rotatable bonds is 9. The van der Waals surface area contributed by atoms with Gasteiger partial charge < -0.3 is 21.1 Å². The third-order valence-electron chi connectivity index (χ3n) is 5.83. The van der Waals surface area contributed by atoms with Crippen LogP contribution in [0.25, 0.3) is 0 Å². The standard InChI is InChI=1S/C26H33N3O3/c1-7-14-26(6,8-2)29-20-11-9-10-19(16-20)28-24(32)21-15-18(12-13-22(21)30)23(31)25(4,5)17(3)27/h7,9-16,27,29-30H,8H2,1-6H3,(H,28,32)/b14-7+,27-17?. The molecule has 0 aromatic heterocycles. The van der Waals surface area contributed by atoms with Crippen LogP contribution in [0.1, 0.15) is 68.7 Å². The van der Waals surface area contributed by atoms with Crippen LogP contribution in [0.15, 0.2) is 54.6 Å². The fraction of sp³-hybridized carbons (Fsp3) is 0.346. The number of amides is 1. The van der Waals surface area contributed by atoms with Crippen LogP contribution in [0.5, 0.6) is 5.75 Å². The van der Waals surface area contributed by atoms with Gasteiger partial charge in [-0.3, -0.25) is 9.59 Å². The van der Waals surface area contributed by atoms with E-state index < -0.39 is 11.3 Å². The number of phenols is 1. The number of allylic oxidation sites excluding steroid dienone is 1. The monoisotopic (exact) mass is 435 g/mol. The van der Waals surface area contributed by atoms with E-state index in [9.17, 15) is 14.7 Å². The van der Waals surface area contributed by atoms with Gasteiger partial charge in [-0.25, -0.2) is 0 Å². The number of benzene rings is 2. The summed E-state index contributed by atoms with van der Waals surface area (Å²) in [5.41, 5.74) is 0.688. The van der Waals surface area contributed by atoms with Gasteiger partial charge in [0, 0.05) is 22.6 Å². The Morgan fingerprint density at radius 1 is 1.09 bits per heavy atom. The van der Waals surface area contributed by atoms with Gasteiger partial charge >= 0.3 is 0 Å². The summed E-state index contributed by atoms with van der Waals surface area (Å²) in [5, 5.41) is 24.4. The molecule has 0 aliphatic heterocycles. The van der Waals surface area contributed by atoms with Gasteiger partial charge in [0.25, 0.3) is 5.91 Å². The molecular weight excluding hydrogens is 402 g/mol. The van der Waals surface area contributed by atoms with E-state index in [0.717, 1.165) is 12.1 Å². The number of Topliss-reactive ketones (excluding diaryl/α,β-unsaturated/α-hetero) is 1. The average molecular weight is 436 g/mol. The number of nitrogens with one attached hydrogen (secondary N) is 3. The third-order valence-corrected chi connectivity index (χ3v) is 5.83. The highest BCUT2D eigenvalue weighted by Crippen LogP contribution is 2.28. The molecule has 0 fully saturated rings. The molecule has 1 amide bonds. The quantitative estimate of drug-likeness (QED) is 0.219. The molecule has 0 saturated carbocycles. The molecule has 1 unspecified atom stereocenters. The molecular formula is C26H33N3O3. The second-order valence-corrected chi connectivity index (χ2v) is 8.74.